The van der Waals surface area contributed by atoms with E-state index in [2.05, 4.69) is 0 Å². The summed E-state index contributed by atoms with van der Waals surface area (Å²) in [5.74, 6) is 0. The topological polar surface area (TPSA) is 23.5 Å². The van der Waals surface area contributed by atoms with Crippen LogP contribution in [0, 0.1) is 0 Å². The summed E-state index contributed by atoms with van der Waals surface area (Å²) < 4.78 is 36.5. The standard InChI is InChI=1S/C10H18F3NO/c1-8-5-3-2-4-6-14(8)7-9(15)10(11,12)13/h8-9,15H,2-7H2,1H3. The van der Waals surface area contributed by atoms with Crippen molar-refractivity contribution in [1.82, 2.24) is 4.90 Å². The van der Waals surface area contributed by atoms with Crippen molar-refractivity contribution in [2.75, 3.05) is 13.1 Å². The lowest BCUT2D eigenvalue weighted by Gasteiger charge is -2.29. The third-order valence-corrected chi connectivity index (χ3v) is 2.98. The first-order valence-electron chi connectivity index (χ1n) is 5.40. The molecule has 0 bridgehead atoms. The van der Waals surface area contributed by atoms with Crippen LogP contribution in [0.5, 0.6) is 0 Å². The first-order valence-corrected chi connectivity index (χ1v) is 5.40. The smallest absolute Gasteiger partial charge is 0.382 e. The molecule has 0 aliphatic carbocycles. The van der Waals surface area contributed by atoms with Crippen molar-refractivity contribution in [3.05, 3.63) is 0 Å². The quantitative estimate of drug-likeness (QED) is 0.778. The number of hydrogen-bond donors (Lipinski definition) is 1. The van der Waals surface area contributed by atoms with Crippen molar-refractivity contribution in [3.63, 3.8) is 0 Å². The van der Waals surface area contributed by atoms with Gasteiger partial charge in [0.15, 0.2) is 6.10 Å². The third kappa shape index (κ3) is 3.99. The zero-order valence-corrected chi connectivity index (χ0v) is 8.93. The van der Waals surface area contributed by atoms with Crippen molar-refractivity contribution < 1.29 is 18.3 Å². The average Bonchev–Trinajstić information content (AvgIpc) is 2.30. The second kappa shape index (κ2) is 5.16. The molecule has 1 fully saturated rings. The van der Waals surface area contributed by atoms with Gasteiger partial charge in [-0.1, -0.05) is 12.8 Å². The van der Waals surface area contributed by atoms with E-state index in [1.54, 1.807) is 4.90 Å². The fourth-order valence-electron chi connectivity index (χ4n) is 1.93. The minimum atomic E-state index is -4.49. The van der Waals surface area contributed by atoms with Crippen molar-refractivity contribution >= 4 is 0 Å². The Morgan fingerprint density at radius 1 is 1.33 bits per heavy atom. The first kappa shape index (κ1) is 12.8. The number of β-amino-alcohol motifs (C(OH)–C–C–N with tert-alkyl or cyclic N) is 1. The molecular weight excluding hydrogens is 207 g/mol. The van der Waals surface area contributed by atoms with Gasteiger partial charge < -0.3 is 5.11 Å². The van der Waals surface area contributed by atoms with Gasteiger partial charge in [0.1, 0.15) is 0 Å². The Hall–Kier alpha value is -0.290. The molecule has 0 aromatic heterocycles. The van der Waals surface area contributed by atoms with E-state index < -0.39 is 12.3 Å². The lowest BCUT2D eigenvalue weighted by atomic mass is 10.1. The number of likely N-dealkylation sites (tertiary alicyclic amines) is 1. The summed E-state index contributed by atoms with van der Waals surface area (Å²) in [4.78, 5) is 1.74. The molecule has 1 aliphatic rings. The molecule has 5 heteroatoms. The number of halogens is 3. The first-order chi connectivity index (χ1) is 6.91. The molecule has 0 aromatic rings. The van der Waals surface area contributed by atoms with Crippen LogP contribution in [-0.2, 0) is 0 Å². The fourth-order valence-corrected chi connectivity index (χ4v) is 1.93. The maximum Gasteiger partial charge on any atom is 0.415 e. The van der Waals surface area contributed by atoms with Gasteiger partial charge in [-0.15, -0.1) is 0 Å². The molecule has 1 rings (SSSR count). The van der Waals surface area contributed by atoms with Gasteiger partial charge in [0.25, 0.3) is 0 Å². The molecule has 2 nitrogen and oxygen atoms in total. The number of hydrogen-bond acceptors (Lipinski definition) is 2. The zero-order chi connectivity index (χ0) is 11.5. The number of alkyl halides is 3. The molecule has 15 heavy (non-hydrogen) atoms. The lowest BCUT2D eigenvalue weighted by Crippen LogP contribution is -2.44. The Bertz CT molecular complexity index is 196. The van der Waals surface area contributed by atoms with Crippen LogP contribution in [0.25, 0.3) is 0 Å². The predicted molar refractivity (Wildman–Crippen MR) is 51.6 cm³/mol. The highest BCUT2D eigenvalue weighted by molar-refractivity contribution is 4.77. The van der Waals surface area contributed by atoms with E-state index in [1.807, 2.05) is 6.92 Å². The van der Waals surface area contributed by atoms with Crippen LogP contribution in [0.3, 0.4) is 0 Å². The van der Waals surface area contributed by atoms with Crippen LogP contribution in [-0.4, -0.2) is 41.4 Å². The fraction of sp³-hybridized carbons (Fsp3) is 1.00. The summed E-state index contributed by atoms with van der Waals surface area (Å²) >= 11 is 0. The van der Waals surface area contributed by atoms with Crippen LogP contribution >= 0.6 is 0 Å². The summed E-state index contributed by atoms with van der Waals surface area (Å²) in [7, 11) is 0. The van der Waals surface area contributed by atoms with Crippen molar-refractivity contribution in [3.8, 4) is 0 Å². The number of rotatable bonds is 2. The van der Waals surface area contributed by atoms with Gasteiger partial charge in [-0.2, -0.15) is 13.2 Å². The normalized spacial score (nSPS) is 27.4. The van der Waals surface area contributed by atoms with Gasteiger partial charge in [0.2, 0.25) is 0 Å². The van der Waals surface area contributed by atoms with Crippen molar-refractivity contribution in [2.45, 2.75) is 50.9 Å². The van der Waals surface area contributed by atoms with Gasteiger partial charge in [-0.25, -0.2) is 0 Å². The van der Waals surface area contributed by atoms with E-state index in [0.717, 1.165) is 25.7 Å². The Morgan fingerprint density at radius 2 is 2.00 bits per heavy atom. The Morgan fingerprint density at radius 3 is 2.60 bits per heavy atom. The number of aliphatic hydroxyl groups is 1. The molecule has 0 saturated carbocycles. The van der Waals surface area contributed by atoms with Crippen LogP contribution < -0.4 is 0 Å². The van der Waals surface area contributed by atoms with Crippen LogP contribution in [0.2, 0.25) is 0 Å². The molecule has 1 heterocycles. The zero-order valence-electron chi connectivity index (χ0n) is 8.93. The van der Waals surface area contributed by atoms with Crippen LogP contribution in [0.15, 0.2) is 0 Å². The molecule has 2 atom stereocenters. The highest BCUT2D eigenvalue weighted by atomic mass is 19.4. The maximum absolute atomic E-state index is 12.2. The molecule has 2 unspecified atom stereocenters. The van der Waals surface area contributed by atoms with E-state index in [0.29, 0.717) is 6.54 Å². The van der Waals surface area contributed by atoms with Crippen LogP contribution in [0.1, 0.15) is 32.6 Å². The van der Waals surface area contributed by atoms with E-state index in [-0.39, 0.29) is 12.6 Å². The van der Waals surface area contributed by atoms with Gasteiger partial charge >= 0.3 is 6.18 Å². The highest BCUT2D eigenvalue weighted by Crippen LogP contribution is 2.23. The number of nitrogens with zero attached hydrogens (tertiary/aromatic N) is 1. The summed E-state index contributed by atoms with van der Waals surface area (Å²) in [6.07, 6.45) is -2.72. The Labute approximate surface area is 88.1 Å². The monoisotopic (exact) mass is 225 g/mol. The second-order valence-corrected chi connectivity index (χ2v) is 4.25. The van der Waals surface area contributed by atoms with E-state index in [1.165, 1.54) is 0 Å². The molecule has 0 amide bonds. The molecule has 1 saturated heterocycles. The molecule has 1 aliphatic heterocycles. The highest BCUT2D eigenvalue weighted by Gasteiger charge is 2.39. The Kier molecular flexibility index (Phi) is 4.40. The average molecular weight is 225 g/mol. The summed E-state index contributed by atoms with van der Waals surface area (Å²) in [6.45, 7) is 2.30. The van der Waals surface area contributed by atoms with Gasteiger partial charge in [-0.05, 0) is 26.3 Å². The molecule has 0 radical (unpaired) electrons. The molecule has 0 aromatic carbocycles. The molecule has 90 valence electrons. The largest absolute Gasteiger partial charge is 0.415 e. The summed E-state index contributed by atoms with van der Waals surface area (Å²) in [5, 5.41) is 8.98. The van der Waals surface area contributed by atoms with Crippen molar-refractivity contribution in [2.24, 2.45) is 0 Å². The molecule has 1 N–H and O–H groups in total. The van der Waals surface area contributed by atoms with Gasteiger partial charge in [0, 0.05) is 12.6 Å². The minimum absolute atomic E-state index is 0.143. The lowest BCUT2D eigenvalue weighted by molar-refractivity contribution is -0.209. The molecule has 0 spiro atoms. The minimum Gasteiger partial charge on any atom is -0.382 e. The summed E-state index contributed by atoms with van der Waals surface area (Å²) in [6, 6.07) is 0.143. The Balaban J connectivity index is 2.48. The van der Waals surface area contributed by atoms with E-state index >= 15 is 0 Å². The maximum atomic E-state index is 12.2. The SMILES string of the molecule is CC1CCCCCN1CC(O)C(F)(F)F. The van der Waals surface area contributed by atoms with E-state index in [9.17, 15) is 13.2 Å². The van der Waals surface area contributed by atoms with Crippen LogP contribution in [0.4, 0.5) is 13.2 Å². The van der Waals surface area contributed by atoms with E-state index in [4.69, 9.17) is 5.11 Å². The van der Waals surface area contributed by atoms with Crippen molar-refractivity contribution in [1.29, 1.82) is 0 Å². The third-order valence-electron chi connectivity index (χ3n) is 2.98. The second-order valence-electron chi connectivity index (χ2n) is 4.25. The van der Waals surface area contributed by atoms with Gasteiger partial charge in [-0.3, -0.25) is 4.90 Å². The molecular formula is C10H18F3NO. The predicted octanol–water partition coefficient (Wildman–Crippen LogP) is 2.17. The summed E-state index contributed by atoms with van der Waals surface area (Å²) in [5.41, 5.74) is 0. The number of aliphatic hydroxyl groups excluding tert-OH is 1. The van der Waals surface area contributed by atoms with Gasteiger partial charge in [0.05, 0.1) is 0 Å².